The lowest BCUT2D eigenvalue weighted by molar-refractivity contribution is -0.128. The number of nitrogens with zero attached hydrogens (tertiary/aromatic N) is 1. The summed E-state index contributed by atoms with van der Waals surface area (Å²) in [5.74, 6) is 1.13. The smallest absolute Gasteiger partial charge is 0.263 e. The van der Waals surface area contributed by atoms with E-state index < -0.39 is 16.1 Å². The molecular weight excluding hydrogens is 408 g/mol. The number of hydrogen-bond donors (Lipinski definition) is 1. The van der Waals surface area contributed by atoms with Crippen molar-refractivity contribution < 1.29 is 27.4 Å². The predicted octanol–water partition coefficient (Wildman–Crippen LogP) is 2.50. The Balaban J connectivity index is 1.82. The maximum Gasteiger partial charge on any atom is 0.263 e. The molecule has 0 spiro atoms. The van der Waals surface area contributed by atoms with Crippen LogP contribution in [0.3, 0.4) is 0 Å². The van der Waals surface area contributed by atoms with Crippen molar-refractivity contribution in [3.05, 3.63) is 48.0 Å². The zero-order chi connectivity index (χ0) is 21.9. The highest BCUT2D eigenvalue weighted by atomic mass is 32.2. The Hall–Kier alpha value is -2.94. The Bertz CT molecular complexity index is 1020. The Labute approximate surface area is 176 Å². The third-order valence-electron chi connectivity index (χ3n) is 4.96. The summed E-state index contributed by atoms with van der Waals surface area (Å²) >= 11 is 0. The third-order valence-corrected chi connectivity index (χ3v) is 6.11. The lowest BCUT2D eigenvalue weighted by atomic mass is 10.0. The molecule has 1 aliphatic heterocycles. The van der Waals surface area contributed by atoms with Gasteiger partial charge in [-0.1, -0.05) is 25.1 Å². The summed E-state index contributed by atoms with van der Waals surface area (Å²) in [6.45, 7) is 1.85. The zero-order valence-electron chi connectivity index (χ0n) is 17.4. The summed E-state index contributed by atoms with van der Waals surface area (Å²) in [7, 11) is -0.458. The van der Waals surface area contributed by atoms with Crippen LogP contribution < -0.4 is 23.8 Å². The van der Waals surface area contributed by atoms with E-state index in [1.54, 1.807) is 44.6 Å². The molecule has 0 radical (unpaired) electrons. The van der Waals surface area contributed by atoms with Gasteiger partial charge in [-0.3, -0.25) is 9.10 Å². The monoisotopic (exact) mass is 434 g/mol. The minimum Gasteiger partial charge on any atom is -0.493 e. The number of benzene rings is 2. The summed E-state index contributed by atoms with van der Waals surface area (Å²) in [5.41, 5.74) is 1.27. The number of anilines is 1. The highest BCUT2D eigenvalue weighted by Gasteiger charge is 2.35. The van der Waals surface area contributed by atoms with Crippen molar-refractivity contribution >= 4 is 21.6 Å². The number of amides is 1. The van der Waals surface area contributed by atoms with Gasteiger partial charge in [0.2, 0.25) is 10.0 Å². The molecule has 1 aliphatic rings. The van der Waals surface area contributed by atoms with Crippen LogP contribution in [0.2, 0.25) is 0 Å². The molecule has 2 aromatic rings. The molecule has 9 heteroatoms. The molecule has 0 saturated heterocycles. The van der Waals surface area contributed by atoms with E-state index in [2.05, 4.69) is 5.32 Å². The van der Waals surface area contributed by atoms with E-state index in [4.69, 9.17) is 14.2 Å². The molecule has 0 fully saturated rings. The van der Waals surface area contributed by atoms with Crippen LogP contribution in [0, 0.1) is 0 Å². The first kappa shape index (κ1) is 21.8. The fourth-order valence-corrected chi connectivity index (χ4v) is 4.32. The molecule has 1 amide bonds. The maximum atomic E-state index is 13.0. The van der Waals surface area contributed by atoms with E-state index in [1.807, 2.05) is 19.1 Å². The van der Waals surface area contributed by atoms with E-state index in [-0.39, 0.29) is 18.5 Å². The highest BCUT2D eigenvalue weighted by Crippen LogP contribution is 2.35. The standard InChI is InChI=1S/C21H26N2O6S/c1-5-15(14-10-11-18(27-2)19(12-14)28-3)22-21(24)20-13-23(30(4,25)26)16-8-6-7-9-17(16)29-20/h6-12,15,20H,5,13H2,1-4H3,(H,22,24)/t15-,20-/m0/s1. The normalized spacial score (nSPS) is 16.8. The average Bonchev–Trinajstić information content (AvgIpc) is 2.75. The second kappa shape index (κ2) is 8.83. The van der Waals surface area contributed by atoms with Crippen LogP contribution in [0.4, 0.5) is 5.69 Å². The fourth-order valence-electron chi connectivity index (χ4n) is 3.41. The molecule has 30 heavy (non-hydrogen) atoms. The van der Waals surface area contributed by atoms with Gasteiger partial charge in [-0.2, -0.15) is 0 Å². The molecule has 8 nitrogen and oxygen atoms in total. The second-order valence-electron chi connectivity index (χ2n) is 6.95. The van der Waals surface area contributed by atoms with Gasteiger partial charge in [0.1, 0.15) is 5.75 Å². The number of hydrogen-bond acceptors (Lipinski definition) is 6. The van der Waals surface area contributed by atoms with Crippen LogP contribution in [0.15, 0.2) is 42.5 Å². The quantitative estimate of drug-likeness (QED) is 0.720. The predicted molar refractivity (Wildman–Crippen MR) is 114 cm³/mol. The van der Waals surface area contributed by atoms with Gasteiger partial charge in [0.25, 0.3) is 5.91 Å². The van der Waals surface area contributed by atoms with Crippen molar-refractivity contribution in [2.75, 3.05) is 31.3 Å². The van der Waals surface area contributed by atoms with Gasteiger partial charge in [0.05, 0.1) is 38.7 Å². The Morgan fingerprint density at radius 1 is 1.20 bits per heavy atom. The minimum absolute atomic E-state index is 0.0932. The summed E-state index contributed by atoms with van der Waals surface area (Å²) in [6.07, 6.45) is 0.770. The van der Waals surface area contributed by atoms with Crippen molar-refractivity contribution in [2.45, 2.75) is 25.5 Å². The van der Waals surface area contributed by atoms with Gasteiger partial charge in [0, 0.05) is 0 Å². The van der Waals surface area contributed by atoms with Crippen LogP contribution in [0.5, 0.6) is 17.2 Å². The number of carbonyl (C=O) groups is 1. The number of ether oxygens (including phenoxy) is 3. The van der Waals surface area contributed by atoms with Gasteiger partial charge in [-0.15, -0.1) is 0 Å². The number of rotatable bonds is 7. The van der Waals surface area contributed by atoms with Crippen molar-refractivity contribution in [2.24, 2.45) is 0 Å². The highest BCUT2D eigenvalue weighted by molar-refractivity contribution is 7.92. The van der Waals surface area contributed by atoms with Gasteiger partial charge in [-0.05, 0) is 36.2 Å². The van der Waals surface area contributed by atoms with E-state index >= 15 is 0 Å². The third kappa shape index (κ3) is 4.46. The molecule has 162 valence electrons. The lowest BCUT2D eigenvalue weighted by Gasteiger charge is -2.34. The first-order valence-electron chi connectivity index (χ1n) is 9.54. The molecular formula is C21H26N2O6S. The maximum absolute atomic E-state index is 13.0. The molecule has 0 aliphatic carbocycles. The average molecular weight is 435 g/mol. The molecule has 2 aromatic carbocycles. The number of para-hydroxylation sites is 2. The van der Waals surface area contributed by atoms with Crippen molar-refractivity contribution in [1.29, 1.82) is 0 Å². The van der Waals surface area contributed by atoms with Crippen LogP contribution in [-0.4, -0.2) is 47.4 Å². The molecule has 0 aromatic heterocycles. The van der Waals surface area contributed by atoms with Gasteiger partial charge < -0.3 is 19.5 Å². The molecule has 0 saturated carbocycles. The first-order valence-corrected chi connectivity index (χ1v) is 11.4. The summed E-state index contributed by atoms with van der Waals surface area (Å²) < 4.78 is 42.2. The SMILES string of the molecule is CC[C@H](NC(=O)[C@@H]1CN(S(C)(=O)=O)c2ccccc2O1)c1ccc(OC)c(OC)c1. The molecule has 2 atom stereocenters. The Morgan fingerprint density at radius 3 is 2.53 bits per heavy atom. The topological polar surface area (TPSA) is 94.2 Å². The van der Waals surface area contributed by atoms with Crippen molar-refractivity contribution in [3.63, 3.8) is 0 Å². The minimum atomic E-state index is -3.57. The molecule has 0 unspecified atom stereocenters. The van der Waals surface area contributed by atoms with Crippen molar-refractivity contribution in [3.8, 4) is 17.2 Å². The van der Waals surface area contributed by atoms with E-state index in [9.17, 15) is 13.2 Å². The van der Waals surface area contributed by atoms with E-state index in [0.29, 0.717) is 29.4 Å². The summed E-state index contributed by atoms with van der Waals surface area (Å²) in [5, 5.41) is 2.96. The largest absolute Gasteiger partial charge is 0.493 e. The molecule has 1 N–H and O–H groups in total. The summed E-state index contributed by atoms with van der Waals surface area (Å²) in [4.78, 5) is 13.0. The Morgan fingerprint density at radius 2 is 1.90 bits per heavy atom. The van der Waals surface area contributed by atoms with Crippen LogP contribution in [-0.2, 0) is 14.8 Å². The molecule has 0 bridgehead atoms. The van der Waals surface area contributed by atoms with Crippen LogP contribution in [0.25, 0.3) is 0 Å². The second-order valence-corrected chi connectivity index (χ2v) is 8.86. The molecule has 1 heterocycles. The first-order chi connectivity index (χ1) is 14.3. The number of carbonyl (C=O) groups excluding carboxylic acids is 1. The van der Waals surface area contributed by atoms with Crippen LogP contribution in [0.1, 0.15) is 24.9 Å². The lowest BCUT2D eigenvalue weighted by Crippen LogP contribution is -2.51. The fraction of sp³-hybridized carbons (Fsp3) is 0.381. The number of methoxy groups -OCH3 is 2. The zero-order valence-corrected chi connectivity index (χ0v) is 18.2. The van der Waals surface area contributed by atoms with E-state index in [1.165, 1.54) is 4.31 Å². The Kier molecular flexibility index (Phi) is 6.40. The van der Waals surface area contributed by atoms with Gasteiger partial charge >= 0.3 is 0 Å². The van der Waals surface area contributed by atoms with Crippen LogP contribution >= 0.6 is 0 Å². The van der Waals surface area contributed by atoms with E-state index in [0.717, 1.165) is 11.8 Å². The molecule has 3 rings (SSSR count). The van der Waals surface area contributed by atoms with Gasteiger partial charge in [0.15, 0.2) is 17.6 Å². The van der Waals surface area contributed by atoms with Gasteiger partial charge in [-0.25, -0.2) is 8.42 Å². The number of sulfonamides is 1. The number of nitrogens with one attached hydrogen (secondary N) is 1. The summed E-state index contributed by atoms with van der Waals surface area (Å²) in [6, 6.07) is 11.9. The van der Waals surface area contributed by atoms with Crippen molar-refractivity contribution in [1.82, 2.24) is 5.32 Å². The number of fused-ring (bicyclic) bond motifs is 1.